The number of nitrogens with one attached hydrogen (secondary N) is 1. The number of nitrogens with two attached hydrogens (primary N) is 1. The molecule has 0 aliphatic carbocycles. The van der Waals surface area contributed by atoms with Crippen LogP contribution in [0.3, 0.4) is 0 Å². The van der Waals surface area contributed by atoms with Crippen molar-refractivity contribution in [3.63, 3.8) is 0 Å². The standard InChI is InChI=1S/C20H19N5O/c1-13(17-10-23-24-11-17)18-8-16(9-22-19(18)21)20(26)25-7-6-14-4-2-3-5-15(14)12-25/h2-5,8-11H,1,6-7,12H2,(H2,21,22)(H,23,24). The van der Waals surface area contributed by atoms with Gasteiger partial charge in [-0.3, -0.25) is 9.89 Å². The number of aromatic nitrogens is 3. The molecule has 0 fully saturated rings. The van der Waals surface area contributed by atoms with E-state index >= 15 is 0 Å². The number of hydrogen-bond donors (Lipinski definition) is 2. The molecule has 6 nitrogen and oxygen atoms in total. The van der Waals surface area contributed by atoms with Gasteiger partial charge >= 0.3 is 0 Å². The molecule has 4 rings (SSSR count). The molecule has 0 unspecified atom stereocenters. The Morgan fingerprint density at radius 3 is 2.77 bits per heavy atom. The number of amides is 1. The summed E-state index contributed by atoms with van der Waals surface area (Å²) < 4.78 is 0. The van der Waals surface area contributed by atoms with E-state index in [-0.39, 0.29) is 5.91 Å². The molecule has 0 bridgehead atoms. The van der Waals surface area contributed by atoms with Crippen LogP contribution in [0.25, 0.3) is 5.57 Å². The molecule has 0 atom stereocenters. The predicted molar refractivity (Wildman–Crippen MR) is 100 cm³/mol. The molecular weight excluding hydrogens is 326 g/mol. The number of aromatic amines is 1. The van der Waals surface area contributed by atoms with Crippen molar-refractivity contribution in [2.24, 2.45) is 0 Å². The summed E-state index contributed by atoms with van der Waals surface area (Å²) in [5.41, 5.74) is 11.2. The third-order valence-electron chi connectivity index (χ3n) is 4.76. The Morgan fingerprint density at radius 2 is 2.00 bits per heavy atom. The topological polar surface area (TPSA) is 87.9 Å². The van der Waals surface area contributed by atoms with Gasteiger partial charge in [-0.25, -0.2) is 4.98 Å². The lowest BCUT2D eigenvalue weighted by atomic mass is 9.98. The summed E-state index contributed by atoms with van der Waals surface area (Å²) in [6.45, 7) is 5.37. The number of nitrogens with zero attached hydrogens (tertiary/aromatic N) is 3. The fraction of sp³-hybridized carbons (Fsp3) is 0.150. The van der Waals surface area contributed by atoms with Crippen LogP contribution < -0.4 is 5.73 Å². The quantitative estimate of drug-likeness (QED) is 0.764. The van der Waals surface area contributed by atoms with Gasteiger partial charge in [0.25, 0.3) is 5.91 Å². The zero-order chi connectivity index (χ0) is 18.1. The highest BCUT2D eigenvalue weighted by Gasteiger charge is 2.23. The van der Waals surface area contributed by atoms with Crippen LogP contribution in [-0.2, 0) is 13.0 Å². The second-order valence-electron chi connectivity index (χ2n) is 6.37. The van der Waals surface area contributed by atoms with Crippen LogP contribution in [0.1, 0.15) is 32.6 Å². The summed E-state index contributed by atoms with van der Waals surface area (Å²) >= 11 is 0. The molecule has 1 aliphatic heterocycles. The summed E-state index contributed by atoms with van der Waals surface area (Å²) in [5.74, 6) is 0.296. The van der Waals surface area contributed by atoms with E-state index in [1.807, 2.05) is 17.0 Å². The molecule has 3 aromatic rings. The van der Waals surface area contributed by atoms with Gasteiger partial charge in [0.15, 0.2) is 0 Å². The lowest BCUT2D eigenvalue weighted by Gasteiger charge is -2.29. The smallest absolute Gasteiger partial charge is 0.255 e. The second-order valence-corrected chi connectivity index (χ2v) is 6.37. The van der Waals surface area contributed by atoms with Crippen molar-refractivity contribution in [2.45, 2.75) is 13.0 Å². The van der Waals surface area contributed by atoms with Gasteiger partial charge in [0.05, 0.1) is 11.8 Å². The van der Waals surface area contributed by atoms with Gasteiger partial charge in [0.1, 0.15) is 5.82 Å². The summed E-state index contributed by atoms with van der Waals surface area (Å²) in [6, 6.07) is 10.00. The van der Waals surface area contributed by atoms with Gasteiger partial charge in [-0.05, 0) is 29.2 Å². The normalized spacial score (nSPS) is 13.3. The highest BCUT2D eigenvalue weighted by atomic mass is 16.2. The van der Waals surface area contributed by atoms with E-state index in [1.165, 1.54) is 17.3 Å². The van der Waals surface area contributed by atoms with Crippen molar-refractivity contribution in [2.75, 3.05) is 12.3 Å². The SMILES string of the molecule is C=C(c1cn[nH]c1)c1cc(C(=O)N2CCc3ccccc3C2)cnc1N. The monoisotopic (exact) mass is 345 g/mol. The number of fused-ring (bicyclic) bond motifs is 1. The van der Waals surface area contributed by atoms with E-state index < -0.39 is 0 Å². The van der Waals surface area contributed by atoms with E-state index in [2.05, 4.69) is 33.9 Å². The minimum Gasteiger partial charge on any atom is -0.383 e. The Kier molecular flexibility index (Phi) is 4.01. The van der Waals surface area contributed by atoms with E-state index in [4.69, 9.17) is 5.73 Å². The van der Waals surface area contributed by atoms with Gasteiger partial charge in [-0.15, -0.1) is 0 Å². The number of carbonyl (C=O) groups excluding carboxylic acids is 1. The van der Waals surface area contributed by atoms with Crippen LogP contribution in [0.2, 0.25) is 0 Å². The third kappa shape index (κ3) is 2.86. The van der Waals surface area contributed by atoms with Crippen LogP contribution in [0, 0.1) is 0 Å². The Morgan fingerprint density at radius 1 is 1.19 bits per heavy atom. The van der Waals surface area contributed by atoms with Gasteiger partial charge in [0.2, 0.25) is 0 Å². The van der Waals surface area contributed by atoms with Crippen LogP contribution >= 0.6 is 0 Å². The van der Waals surface area contributed by atoms with Crippen LogP contribution in [0.4, 0.5) is 5.82 Å². The largest absolute Gasteiger partial charge is 0.383 e. The predicted octanol–water partition coefficient (Wildman–Crippen LogP) is 2.65. The maximum atomic E-state index is 13.0. The number of hydrogen-bond acceptors (Lipinski definition) is 4. The van der Waals surface area contributed by atoms with Crippen molar-refractivity contribution >= 4 is 17.3 Å². The molecule has 26 heavy (non-hydrogen) atoms. The van der Waals surface area contributed by atoms with Gasteiger partial charge < -0.3 is 10.6 Å². The molecule has 0 saturated heterocycles. The number of benzene rings is 1. The highest BCUT2D eigenvalue weighted by Crippen LogP contribution is 2.26. The molecule has 0 radical (unpaired) electrons. The third-order valence-corrected chi connectivity index (χ3v) is 4.76. The zero-order valence-corrected chi connectivity index (χ0v) is 14.3. The van der Waals surface area contributed by atoms with Crippen molar-refractivity contribution in [1.82, 2.24) is 20.1 Å². The summed E-state index contributed by atoms with van der Waals surface area (Å²) in [7, 11) is 0. The summed E-state index contributed by atoms with van der Waals surface area (Å²) in [4.78, 5) is 19.0. The zero-order valence-electron chi connectivity index (χ0n) is 14.3. The molecule has 0 saturated carbocycles. The molecule has 130 valence electrons. The fourth-order valence-corrected chi connectivity index (χ4v) is 3.26. The second kappa shape index (κ2) is 6.48. The maximum absolute atomic E-state index is 13.0. The molecule has 2 aromatic heterocycles. The first-order valence-electron chi connectivity index (χ1n) is 8.43. The Hall–Kier alpha value is -3.41. The molecular formula is C20H19N5O. The molecule has 1 amide bonds. The van der Waals surface area contributed by atoms with Crippen molar-refractivity contribution in [1.29, 1.82) is 0 Å². The number of pyridine rings is 1. The number of nitrogen functional groups attached to an aromatic ring is 1. The van der Waals surface area contributed by atoms with Crippen LogP contribution in [-0.4, -0.2) is 32.5 Å². The lowest BCUT2D eigenvalue weighted by Crippen LogP contribution is -2.36. The maximum Gasteiger partial charge on any atom is 0.255 e. The summed E-state index contributed by atoms with van der Waals surface area (Å²) in [5, 5.41) is 6.68. The summed E-state index contributed by atoms with van der Waals surface area (Å²) in [6.07, 6.45) is 5.79. The molecule has 3 heterocycles. The lowest BCUT2D eigenvalue weighted by molar-refractivity contribution is 0.0734. The Balaban J connectivity index is 1.61. The van der Waals surface area contributed by atoms with E-state index in [1.54, 1.807) is 18.5 Å². The van der Waals surface area contributed by atoms with Gasteiger partial charge in [-0.2, -0.15) is 5.10 Å². The molecule has 6 heteroatoms. The Labute approximate surface area is 151 Å². The van der Waals surface area contributed by atoms with Gasteiger partial charge in [-0.1, -0.05) is 30.8 Å². The Bertz CT molecular complexity index is 978. The first-order chi connectivity index (χ1) is 12.6. The van der Waals surface area contributed by atoms with E-state index in [0.29, 0.717) is 35.6 Å². The average molecular weight is 345 g/mol. The van der Waals surface area contributed by atoms with Crippen LogP contribution in [0.5, 0.6) is 0 Å². The highest BCUT2D eigenvalue weighted by molar-refractivity contribution is 5.96. The van der Waals surface area contributed by atoms with Gasteiger partial charge in [0, 0.05) is 36.6 Å². The van der Waals surface area contributed by atoms with Crippen molar-refractivity contribution < 1.29 is 4.79 Å². The van der Waals surface area contributed by atoms with Crippen molar-refractivity contribution in [3.05, 3.63) is 83.3 Å². The first kappa shape index (κ1) is 16.1. The minimum absolute atomic E-state index is 0.0479. The molecule has 1 aliphatic rings. The average Bonchev–Trinajstić information content (AvgIpc) is 3.22. The first-order valence-corrected chi connectivity index (χ1v) is 8.43. The molecule has 0 spiro atoms. The van der Waals surface area contributed by atoms with E-state index in [0.717, 1.165) is 12.0 Å². The van der Waals surface area contributed by atoms with E-state index in [9.17, 15) is 4.79 Å². The molecule has 1 aromatic carbocycles. The minimum atomic E-state index is -0.0479. The van der Waals surface area contributed by atoms with Crippen molar-refractivity contribution in [3.8, 4) is 0 Å². The van der Waals surface area contributed by atoms with Crippen LogP contribution in [0.15, 0.2) is 55.5 Å². The number of anilines is 1. The number of rotatable bonds is 3. The molecule has 3 N–H and O–H groups in total. The number of H-pyrrole nitrogens is 1. The fourth-order valence-electron chi connectivity index (χ4n) is 3.26. The number of carbonyl (C=O) groups is 1.